The van der Waals surface area contributed by atoms with E-state index in [1.165, 1.54) is 0 Å². The first kappa shape index (κ1) is 13.1. The van der Waals surface area contributed by atoms with Gasteiger partial charge in [-0.15, -0.1) is 0 Å². The molecule has 0 radical (unpaired) electrons. The Balaban J connectivity index is 2.33. The largest absolute Gasteiger partial charge is 0.350 e. The van der Waals surface area contributed by atoms with Crippen LogP contribution >= 0.6 is 0 Å². The van der Waals surface area contributed by atoms with Gasteiger partial charge in [0.25, 0.3) is 11.5 Å². The van der Waals surface area contributed by atoms with Crippen LogP contribution in [0.3, 0.4) is 0 Å². The van der Waals surface area contributed by atoms with Crippen molar-refractivity contribution in [1.29, 1.82) is 0 Å². The number of hydrogen-bond donors (Lipinski definition) is 2. The molecule has 0 spiro atoms. The maximum absolute atomic E-state index is 11.9. The lowest BCUT2D eigenvalue weighted by atomic mass is 10.1. The predicted octanol–water partition coefficient (Wildman–Crippen LogP) is 2.18. The number of H-pyrrole nitrogens is 1. The van der Waals surface area contributed by atoms with E-state index in [0.29, 0.717) is 5.69 Å². The summed E-state index contributed by atoms with van der Waals surface area (Å²) in [6, 6.07) is 12.8. The number of aromatic amines is 1. The molecule has 1 aromatic heterocycles. The van der Waals surface area contributed by atoms with Crippen molar-refractivity contribution >= 4 is 5.91 Å². The van der Waals surface area contributed by atoms with Crippen LogP contribution in [0, 0.1) is 0 Å². The molecule has 2 aromatic rings. The molecule has 1 amide bonds. The van der Waals surface area contributed by atoms with Gasteiger partial charge in [-0.1, -0.05) is 30.3 Å². The Labute approximate surface area is 111 Å². The number of carbonyl (C=O) groups excluding carboxylic acids is 1. The lowest BCUT2D eigenvalue weighted by Crippen LogP contribution is -2.34. The average Bonchev–Trinajstić information content (AvgIpc) is 2.38. The summed E-state index contributed by atoms with van der Waals surface area (Å²) in [5.41, 5.74) is 1.37. The van der Waals surface area contributed by atoms with Gasteiger partial charge in [-0.25, -0.2) is 0 Å². The molecule has 0 aliphatic rings. The third kappa shape index (κ3) is 3.10. The molecule has 0 saturated carbocycles. The zero-order valence-electron chi connectivity index (χ0n) is 10.9. The Bertz CT molecular complexity index is 630. The maximum Gasteiger partial charge on any atom is 0.261 e. The fraction of sp³-hybridized carbons (Fsp3) is 0.200. The Morgan fingerprint density at radius 3 is 2.37 bits per heavy atom. The molecule has 4 heteroatoms. The summed E-state index contributed by atoms with van der Waals surface area (Å²) in [7, 11) is 0. The van der Waals surface area contributed by atoms with Crippen LogP contribution in [0.4, 0.5) is 0 Å². The molecule has 2 N–H and O–H groups in total. The van der Waals surface area contributed by atoms with Crippen molar-refractivity contribution in [1.82, 2.24) is 10.3 Å². The van der Waals surface area contributed by atoms with E-state index in [-0.39, 0.29) is 23.1 Å². The van der Waals surface area contributed by atoms with E-state index in [1.54, 1.807) is 12.1 Å². The minimum Gasteiger partial charge on any atom is -0.350 e. The van der Waals surface area contributed by atoms with Gasteiger partial charge in [0.2, 0.25) is 0 Å². The zero-order chi connectivity index (χ0) is 13.8. The van der Waals surface area contributed by atoms with Gasteiger partial charge in [0.15, 0.2) is 0 Å². The van der Waals surface area contributed by atoms with E-state index in [9.17, 15) is 9.59 Å². The average molecular weight is 256 g/mol. The molecule has 0 aliphatic carbocycles. The number of aromatic nitrogens is 1. The highest BCUT2D eigenvalue weighted by molar-refractivity contribution is 5.94. The molecule has 0 fully saturated rings. The minimum absolute atomic E-state index is 0.000648. The van der Waals surface area contributed by atoms with Crippen LogP contribution in [0.25, 0.3) is 11.3 Å². The maximum atomic E-state index is 11.9. The quantitative estimate of drug-likeness (QED) is 0.884. The Morgan fingerprint density at radius 2 is 1.79 bits per heavy atom. The monoisotopic (exact) mass is 256 g/mol. The van der Waals surface area contributed by atoms with Gasteiger partial charge in [0, 0.05) is 11.7 Å². The summed E-state index contributed by atoms with van der Waals surface area (Å²) >= 11 is 0. The topological polar surface area (TPSA) is 62.0 Å². The number of nitrogens with one attached hydrogen (secondary N) is 2. The molecule has 0 saturated heterocycles. The van der Waals surface area contributed by atoms with Crippen molar-refractivity contribution in [2.75, 3.05) is 0 Å². The summed E-state index contributed by atoms with van der Waals surface area (Å²) in [6.07, 6.45) is 0. The molecule has 98 valence electrons. The Hall–Kier alpha value is -2.36. The number of amides is 1. The van der Waals surface area contributed by atoms with Gasteiger partial charge in [-0.05, 0) is 31.5 Å². The van der Waals surface area contributed by atoms with Crippen LogP contribution < -0.4 is 10.9 Å². The van der Waals surface area contributed by atoms with Crippen LogP contribution in [-0.2, 0) is 0 Å². The van der Waals surface area contributed by atoms with E-state index in [1.807, 2.05) is 44.2 Å². The van der Waals surface area contributed by atoms with Crippen molar-refractivity contribution in [2.45, 2.75) is 19.9 Å². The highest BCUT2D eigenvalue weighted by Crippen LogP contribution is 2.14. The lowest BCUT2D eigenvalue weighted by molar-refractivity contribution is 0.0941. The molecular formula is C15H16N2O2. The highest BCUT2D eigenvalue weighted by Gasteiger charge is 2.11. The van der Waals surface area contributed by atoms with E-state index < -0.39 is 0 Å². The van der Waals surface area contributed by atoms with Crippen molar-refractivity contribution in [2.24, 2.45) is 0 Å². The summed E-state index contributed by atoms with van der Waals surface area (Å²) < 4.78 is 0. The smallest absolute Gasteiger partial charge is 0.261 e. The molecule has 19 heavy (non-hydrogen) atoms. The van der Waals surface area contributed by atoms with Crippen molar-refractivity contribution in [3.63, 3.8) is 0 Å². The number of hydrogen-bond acceptors (Lipinski definition) is 2. The fourth-order valence-corrected chi connectivity index (χ4v) is 1.78. The van der Waals surface area contributed by atoms with Gasteiger partial charge in [-0.2, -0.15) is 0 Å². The normalized spacial score (nSPS) is 10.5. The summed E-state index contributed by atoms with van der Waals surface area (Å²) in [5, 5.41) is 2.70. The van der Waals surface area contributed by atoms with Gasteiger partial charge in [0.05, 0.1) is 0 Å². The van der Waals surface area contributed by atoms with Crippen molar-refractivity contribution in [3.8, 4) is 11.3 Å². The molecular weight excluding hydrogens is 240 g/mol. The van der Waals surface area contributed by atoms with E-state index >= 15 is 0 Å². The fourth-order valence-electron chi connectivity index (χ4n) is 1.78. The van der Waals surface area contributed by atoms with Crippen molar-refractivity contribution in [3.05, 3.63) is 58.4 Å². The highest BCUT2D eigenvalue weighted by atomic mass is 16.2. The summed E-state index contributed by atoms with van der Waals surface area (Å²) in [6.45, 7) is 3.70. The molecule has 0 atom stereocenters. The molecule has 0 bridgehead atoms. The van der Waals surface area contributed by atoms with Crippen LogP contribution in [0.15, 0.2) is 47.3 Å². The van der Waals surface area contributed by atoms with Crippen LogP contribution in [-0.4, -0.2) is 16.9 Å². The molecule has 4 nitrogen and oxygen atoms in total. The number of pyridine rings is 1. The third-order valence-corrected chi connectivity index (χ3v) is 2.66. The van der Waals surface area contributed by atoms with Gasteiger partial charge >= 0.3 is 0 Å². The van der Waals surface area contributed by atoms with Crippen LogP contribution in [0.5, 0.6) is 0 Å². The molecule has 0 aliphatic heterocycles. The first-order chi connectivity index (χ1) is 9.08. The summed E-state index contributed by atoms with van der Waals surface area (Å²) in [5.74, 6) is -0.351. The molecule has 2 rings (SSSR count). The zero-order valence-corrected chi connectivity index (χ0v) is 10.9. The van der Waals surface area contributed by atoms with Crippen LogP contribution in [0.1, 0.15) is 24.2 Å². The van der Waals surface area contributed by atoms with Gasteiger partial charge < -0.3 is 10.3 Å². The minimum atomic E-state index is -0.375. The van der Waals surface area contributed by atoms with Crippen LogP contribution in [0.2, 0.25) is 0 Å². The Kier molecular flexibility index (Phi) is 3.80. The van der Waals surface area contributed by atoms with E-state index in [0.717, 1.165) is 5.56 Å². The predicted molar refractivity (Wildman–Crippen MR) is 75.1 cm³/mol. The number of rotatable bonds is 3. The Morgan fingerprint density at radius 1 is 1.11 bits per heavy atom. The second kappa shape index (κ2) is 5.52. The number of benzene rings is 1. The second-order valence-electron chi connectivity index (χ2n) is 4.61. The van der Waals surface area contributed by atoms with E-state index in [2.05, 4.69) is 10.3 Å². The lowest BCUT2D eigenvalue weighted by Gasteiger charge is -2.08. The standard InChI is InChI=1S/C15H16N2O2/c1-10(2)16-14(18)12-8-9-13(17-15(12)19)11-6-4-3-5-7-11/h3-10H,1-2H3,(H,16,18)(H,17,19). The van der Waals surface area contributed by atoms with Gasteiger partial charge in [-0.3, -0.25) is 9.59 Å². The third-order valence-electron chi connectivity index (χ3n) is 2.66. The van der Waals surface area contributed by atoms with Gasteiger partial charge in [0.1, 0.15) is 5.56 Å². The molecule has 0 unspecified atom stereocenters. The first-order valence-corrected chi connectivity index (χ1v) is 6.17. The molecule has 1 heterocycles. The van der Waals surface area contributed by atoms with E-state index in [4.69, 9.17) is 0 Å². The van der Waals surface area contributed by atoms with Crippen molar-refractivity contribution < 1.29 is 4.79 Å². The molecule has 1 aromatic carbocycles. The SMILES string of the molecule is CC(C)NC(=O)c1ccc(-c2ccccc2)[nH]c1=O. The second-order valence-corrected chi connectivity index (χ2v) is 4.61. The summed E-state index contributed by atoms with van der Waals surface area (Å²) in [4.78, 5) is 26.4. The number of carbonyl (C=O) groups is 1. The first-order valence-electron chi connectivity index (χ1n) is 6.17.